The van der Waals surface area contributed by atoms with Crippen LogP contribution in [0.5, 0.6) is 0 Å². The summed E-state index contributed by atoms with van der Waals surface area (Å²) in [4.78, 5) is 29.1. The summed E-state index contributed by atoms with van der Waals surface area (Å²) in [5.41, 5.74) is 1.19. The molecule has 1 heterocycles. The highest BCUT2D eigenvalue weighted by molar-refractivity contribution is 6.02. The first-order valence-corrected chi connectivity index (χ1v) is 11.3. The van der Waals surface area contributed by atoms with Crippen molar-refractivity contribution in [3.05, 3.63) is 35.4 Å². The standard InChI is InChI=1S/C24H36N2O3/c1-4-29-16-10-15-25-22(27)21-19-11-6-7-12-20(19)23(28)26(17-18(2)3)24(21)13-8-5-9-14-24/h6-7,11-12,18,21H,4-5,8-10,13-17H2,1-3H3,(H,25,27)/t21-/m0/s1. The Hall–Kier alpha value is -1.88. The molecule has 0 aromatic heterocycles. The van der Waals surface area contributed by atoms with Gasteiger partial charge in [-0.05, 0) is 43.7 Å². The van der Waals surface area contributed by atoms with E-state index < -0.39 is 5.54 Å². The molecule has 1 spiro atoms. The van der Waals surface area contributed by atoms with Crippen molar-refractivity contribution in [1.82, 2.24) is 10.2 Å². The Morgan fingerprint density at radius 3 is 2.66 bits per heavy atom. The number of rotatable bonds is 8. The van der Waals surface area contributed by atoms with Gasteiger partial charge in [0.1, 0.15) is 0 Å². The molecule has 3 rings (SSSR count). The van der Waals surface area contributed by atoms with E-state index in [9.17, 15) is 9.59 Å². The number of nitrogens with one attached hydrogen (secondary N) is 1. The maximum absolute atomic E-state index is 13.5. The Morgan fingerprint density at radius 2 is 1.97 bits per heavy atom. The summed E-state index contributed by atoms with van der Waals surface area (Å²) in [6.45, 7) is 8.92. The lowest BCUT2D eigenvalue weighted by atomic mass is 9.65. The first-order chi connectivity index (χ1) is 14.0. The summed E-state index contributed by atoms with van der Waals surface area (Å²) < 4.78 is 5.40. The number of carbonyl (C=O) groups excluding carboxylic acids is 2. The second-order valence-electron chi connectivity index (χ2n) is 8.84. The number of amides is 2. The molecule has 1 saturated carbocycles. The number of hydrogen-bond acceptors (Lipinski definition) is 3. The second-order valence-corrected chi connectivity index (χ2v) is 8.84. The molecule has 5 nitrogen and oxygen atoms in total. The number of ether oxygens (including phenoxy) is 1. The lowest BCUT2D eigenvalue weighted by Crippen LogP contribution is -2.63. The molecule has 5 heteroatoms. The van der Waals surface area contributed by atoms with E-state index in [4.69, 9.17) is 4.74 Å². The third-order valence-electron chi connectivity index (χ3n) is 6.32. The van der Waals surface area contributed by atoms with Gasteiger partial charge in [0, 0.05) is 31.9 Å². The van der Waals surface area contributed by atoms with E-state index in [2.05, 4.69) is 24.1 Å². The summed E-state index contributed by atoms with van der Waals surface area (Å²) in [6, 6.07) is 7.73. The van der Waals surface area contributed by atoms with Crippen molar-refractivity contribution in [2.45, 2.75) is 70.8 Å². The molecule has 160 valence electrons. The molecular formula is C24H36N2O3. The van der Waals surface area contributed by atoms with Gasteiger partial charge in [0.15, 0.2) is 0 Å². The molecule has 2 aliphatic rings. The van der Waals surface area contributed by atoms with Crippen molar-refractivity contribution in [2.24, 2.45) is 5.92 Å². The van der Waals surface area contributed by atoms with Crippen molar-refractivity contribution in [3.8, 4) is 0 Å². The molecule has 1 atom stereocenters. The minimum atomic E-state index is -0.405. The molecule has 2 amide bonds. The van der Waals surface area contributed by atoms with Crippen LogP contribution in [0.15, 0.2) is 24.3 Å². The highest BCUT2D eigenvalue weighted by atomic mass is 16.5. The number of nitrogens with zero attached hydrogens (tertiary/aromatic N) is 1. The molecule has 0 bridgehead atoms. The molecule has 0 radical (unpaired) electrons. The van der Waals surface area contributed by atoms with Crippen LogP contribution in [0.4, 0.5) is 0 Å². The number of hydrogen-bond donors (Lipinski definition) is 1. The van der Waals surface area contributed by atoms with Gasteiger partial charge in [-0.3, -0.25) is 9.59 Å². The van der Waals surface area contributed by atoms with Gasteiger partial charge in [-0.2, -0.15) is 0 Å². The molecule has 1 aliphatic heterocycles. The summed E-state index contributed by atoms with van der Waals surface area (Å²) in [5, 5.41) is 3.16. The van der Waals surface area contributed by atoms with Crippen LogP contribution in [-0.4, -0.2) is 48.6 Å². The van der Waals surface area contributed by atoms with Gasteiger partial charge in [-0.1, -0.05) is 51.3 Å². The zero-order valence-corrected chi connectivity index (χ0v) is 18.2. The minimum absolute atomic E-state index is 0.0529. The monoisotopic (exact) mass is 400 g/mol. The summed E-state index contributed by atoms with van der Waals surface area (Å²) in [7, 11) is 0. The van der Waals surface area contributed by atoms with Gasteiger partial charge in [-0.15, -0.1) is 0 Å². The summed E-state index contributed by atoms with van der Waals surface area (Å²) in [6.07, 6.45) is 5.91. The van der Waals surface area contributed by atoms with Crippen molar-refractivity contribution in [3.63, 3.8) is 0 Å². The van der Waals surface area contributed by atoms with E-state index >= 15 is 0 Å². The quantitative estimate of drug-likeness (QED) is 0.668. The van der Waals surface area contributed by atoms with Crippen LogP contribution < -0.4 is 5.32 Å². The van der Waals surface area contributed by atoms with Crippen LogP contribution in [0.2, 0.25) is 0 Å². The fourth-order valence-corrected chi connectivity index (χ4v) is 5.11. The van der Waals surface area contributed by atoms with Crippen LogP contribution in [0.1, 0.15) is 81.1 Å². The van der Waals surface area contributed by atoms with Crippen LogP contribution in [0, 0.1) is 5.92 Å². The van der Waals surface area contributed by atoms with Crippen LogP contribution in [0.3, 0.4) is 0 Å². The molecule has 1 fully saturated rings. The van der Waals surface area contributed by atoms with E-state index in [1.165, 1.54) is 6.42 Å². The lowest BCUT2D eigenvalue weighted by molar-refractivity contribution is -0.127. The average Bonchev–Trinajstić information content (AvgIpc) is 2.72. The molecule has 0 saturated heterocycles. The maximum atomic E-state index is 13.5. The maximum Gasteiger partial charge on any atom is 0.254 e. The number of carbonyl (C=O) groups is 2. The number of benzene rings is 1. The lowest BCUT2D eigenvalue weighted by Gasteiger charge is -2.54. The van der Waals surface area contributed by atoms with Gasteiger partial charge in [-0.25, -0.2) is 0 Å². The molecular weight excluding hydrogens is 364 g/mol. The predicted molar refractivity (Wildman–Crippen MR) is 115 cm³/mol. The Balaban J connectivity index is 1.95. The largest absolute Gasteiger partial charge is 0.382 e. The Morgan fingerprint density at radius 1 is 1.24 bits per heavy atom. The van der Waals surface area contributed by atoms with E-state index in [0.29, 0.717) is 37.8 Å². The third kappa shape index (κ3) is 4.50. The second kappa shape index (κ2) is 9.75. The van der Waals surface area contributed by atoms with Crippen molar-refractivity contribution < 1.29 is 14.3 Å². The highest BCUT2D eigenvalue weighted by Crippen LogP contribution is 2.49. The fourth-order valence-electron chi connectivity index (χ4n) is 5.11. The van der Waals surface area contributed by atoms with Gasteiger partial charge >= 0.3 is 0 Å². The Labute approximate surface area is 175 Å². The number of fused-ring (bicyclic) bond motifs is 1. The van der Waals surface area contributed by atoms with Crippen LogP contribution in [0.25, 0.3) is 0 Å². The zero-order chi connectivity index (χ0) is 20.9. The highest BCUT2D eigenvalue weighted by Gasteiger charge is 2.54. The van der Waals surface area contributed by atoms with E-state index in [1.54, 1.807) is 0 Å². The predicted octanol–water partition coefficient (Wildman–Crippen LogP) is 4.13. The first-order valence-electron chi connectivity index (χ1n) is 11.3. The first kappa shape index (κ1) is 21.8. The Kier molecular flexibility index (Phi) is 7.33. The summed E-state index contributed by atoms with van der Waals surface area (Å²) >= 11 is 0. The van der Waals surface area contributed by atoms with E-state index in [0.717, 1.165) is 37.7 Å². The SMILES string of the molecule is CCOCCCNC(=O)[C@@H]1c2ccccc2C(=O)N(CC(C)C)C12CCCCC2. The normalized spacial score (nSPS) is 20.8. The van der Waals surface area contributed by atoms with Gasteiger partial charge < -0.3 is 15.0 Å². The summed E-state index contributed by atoms with van der Waals surface area (Å²) in [5.74, 6) is 0.203. The molecule has 1 aromatic rings. The Bertz CT molecular complexity index is 710. The van der Waals surface area contributed by atoms with Gasteiger partial charge in [0.25, 0.3) is 5.91 Å². The molecule has 0 unspecified atom stereocenters. The van der Waals surface area contributed by atoms with E-state index in [1.807, 2.05) is 31.2 Å². The van der Waals surface area contributed by atoms with Crippen molar-refractivity contribution in [2.75, 3.05) is 26.3 Å². The minimum Gasteiger partial charge on any atom is -0.382 e. The molecule has 1 N–H and O–H groups in total. The van der Waals surface area contributed by atoms with E-state index in [-0.39, 0.29) is 17.7 Å². The van der Waals surface area contributed by atoms with Gasteiger partial charge in [0.05, 0.1) is 11.5 Å². The van der Waals surface area contributed by atoms with Crippen molar-refractivity contribution >= 4 is 11.8 Å². The third-order valence-corrected chi connectivity index (χ3v) is 6.32. The topological polar surface area (TPSA) is 58.6 Å². The molecule has 1 aliphatic carbocycles. The van der Waals surface area contributed by atoms with Crippen LogP contribution >= 0.6 is 0 Å². The van der Waals surface area contributed by atoms with Crippen LogP contribution in [-0.2, 0) is 9.53 Å². The molecule has 1 aromatic carbocycles. The van der Waals surface area contributed by atoms with Crippen molar-refractivity contribution in [1.29, 1.82) is 0 Å². The molecule has 29 heavy (non-hydrogen) atoms. The fraction of sp³-hybridized carbons (Fsp3) is 0.667. The zero-order valence-electron chi connectivity index (χ0n) is 18.2. The van der Waals surface area contributed by atoms with Gasteiger partial charge in [0.2, 0.25) is 5.91 Å². The smallest absolute Gasteiger partial charge is 0.254 e. The average molecular weight is 401 g/mol.